The molecule has 0 radical (unpaired) electrons. The number of aromatic nitrogens is 1. The number of piperidine rings is 1. The van der Waals surface area contributed by atoms with Crippen LogP contribution in [0.4, 0.5) is 10.1 Å². The average molecular weight is 385 g/mol. The Bertz CT molecular complexity index is 895. The van der Waals surface area contributed by atoms with Gasteiger partial charge in [0.05, 0.1) is 12.1 Å². The van der Waals surface area contributed by atoms with Crippen LogP contribution in [0.1, 0.15) is 23.3 Å². The lowest BCUT2D eigenvalue weighted by Crippen LogP contribution is -2.59. The number of ether oxygens (including phenoxy) is 1. The molecule has 0 atom stereocenters. The van der Waals surface area contributed by atoms with Crippen LogP contribution in [-0.4, -0.2) is 58.6 Å². The van der Waals surface area contributed by atoms with Gasteiger partial charge in [-0.3, -0.25) is 9.59 Å². The molecule has 1 aromatic heterocycles. The standard InChI is InChI=1S/C20H20FN3O4/c21-14-3-5-15(6-4-14)24-13-20(28-12-17(24)26)7-10-23(11-8-20)19(27)18-16(25)2-1-9-22-18/h1-6,9,25H,7-8,10-13H2. The normalized spacial score (nSPS) is 19.1. The molecule has 2 amide bonds. The predicted molar refractivity (Wildman–Crippen MR) is 98.5 cm³/mol. The number of anilines is 1. The van der Waals surface area contributed by atoms with Crippen molar-refractivity contribution in [1.29, 1.82) is 0 Å². The number of nitrogens with zero attached hydrogens (tertiary/aromatic N) is 3. The van der Waals surface area contributed by atoms with Gasteiger partial charge in [-0.2, -0.15) is 0 Å². The molecule has 0 unspecified atom stereocenters. The van der Waals surface area contributed by atoms with E-state index in [0.29, 0.717) is 38.2 Å². The number of aromatic hydroxyl groups is 1. The SMILES string of the molecule is O=C(c1ncccc1O)N1CCC2(CC1)CN(c1ccc(F)cc1)C(=O)CO2. The van der Waals surface area contributed by atoms with Gasteiger partial charge in [0.1, 0.15) is 18.2 Å². The van der Waals surface area contributed by atoms with E-state index in [1.165, 1.54) is 24.4 Å². The smallest absolute Gasteiger partial charge is 0.276 e. The van der Waals surface area contributed by atoms with Gasteiger partial charge >= 0.3 is 0 Å². The maximum atomic E-state index is 13.2. The highest BCUT2D eigenvalue weighted by Crippen LogP contribution is 2.33. The molecule has 1 spiro atoms. The van der Waals surface area contributed by atoms with E-state index in [-0.39, 0.29) is 35.7 Å². The summed E-state index contributed by atoms with van der Waals surface area (Å²) in [7, 11) is 0. The van der Waals surface area contributed by atoms with Crippen molar-refractivity contribution in [2.24, 2.45) is 0 Å². The number of likely N-dealkylation sites (tertiary alicyclic amines) is 1. The number of carbonyl (C=O) groups is 2. The minimum atomic E-state index is -0.550. The molecule has 2 aliphatic heterocycles. The van der Waals surface area contributed by atoms with Crippen LogP contribution in [0.25, 0.3) is 0 Å². The van der Waals surface area contributed by atoms with Gasteiger partial charge in [0, 0.05) is 25.0 Å². The molecule has 3 heterocycles. The van der Waals surface area contributed by atoms with Crippen molar-refractivity contribution in [3.63, 3.8) is 0 Å². The number of amides is 2. The van der Waals surface area contributed by atoms with Crippen LogP contribution < -0.4 is 4.90 Å². The summed E-state index contributed by atoms with van der Waals surface area (Å²) in [6.45, 7) is 1.17. The van der Waals surface area contributed by atoms with Crippen molar-refractivity contribution in [3.05, 3.63) is 54.1 Å². The summed E-state index contributed by atoms with van der Waals surface area (Å²) in [4.78, 5) is 32.2. The molecule has 2 fully saturated rings. The van der Waals surface area contributed by atoms with Crippen molar-refractivity contribution in [3.8, 4) is 5.75 Å². The number of pyridine rings is 1. The second-order valence-corrected chi connectivity index (χ2v) is 7.09. The molecule has 146 valence electrons. The minimum Gasteiger partial charge on any atom is -0.505 e. The molecule has 2 aromatic rings. The molecule has 1 aromatic carbocycles. The summed E-state index contributed by atoms with van der Waals surface area (Å²) in [5, 5.41) is 9.86. The first-order valence-electron chi connectivity index (χ1n) is 9.11. The number of rotatable bonds is 2. The second kappa shape index (κ2) is 7.20. The van der Waals surface area contributed by atoms with Crippen molar-refractivity contribution < 1.29 is 23.8 Å². The summed E-state index contributed by atoms with van der Waals surface area (Å²) in [6, 6.07) is 8.80. The number of hydrogen-bond donors (Lipinski definition) is 1. The first kappa shape index (κ1) is 18.4. The Morgan fingerprint density at radius 2 is 1.89 bits per heavy atom. The fourth-order valence-corrected chi connectivity index (χ4v) is 3.70. The van der Waals surface area contributed by atoms with Gasteiger partial charge in [0.2, 0.25) is 0 Å². The quantitative estimate of drug-likeness (QED) is 0.855. The van der Waals surface area contributed by atoms with Crippen LogP contribution in [0.3, 0.4) is 0 Å². The van der Waals surface area contributed by atoms with E-state index in [1.54, 1.807) is 28.0 Å². The largest absolute Gasteiger partial charge is 0.505 e. The van der Waals surface area contributed by atoms with E-state index in [0.717, 1.165) is 0 Å². The van der Waals surface area contributed by atoms with Gasteiger partial charge in [-0.15, -0.1) is 0 Å². The fourth-order valence-electron chi connectivity index (χ4n) is 3.70. The van der Waals surface area contributed by atoms with E-state index in [9.17, 15) is 19.1 Å². The van der Waals surface area contributed by atoms with Gasteiger partial charge in [-0.1, -0.05) is 0 Å². The highest BCUT2D eigenvalue weighted by Gasteiger charge is 2.43. The van der Waals surface area contributed by atoms with Gasteiger partial charge in [0.25, 0.3) is 11.8 Å². The molecule has 7 nitrogen and oxygen atoms in total. The third kappa shape index (κ3) is 3.43. The highest BCUT2D eigenvalue weighted by molar-refractivity contribution is 5.96. The number of carbonyl (C=O) groups excluding carboxylic acids is 2. The Morgan fingerprint density at radius 3 is 2.57 bits per heavy atom. The van der Waals surface area contributed by atoms with Crippen molar-refractivity contribution in [2.75, 3.05) is 31.1 Å². The molecular weight excluding hydrogens is 365 g/mol. The molecule has 2 aliphatic rings. The van der Waals surface area contributed by atoms with Crippen molar-refractivity contribution >= 4 is 17.5 Å². The molecule has 4 rings (SSSR count). The molecular formula is C20H20FN3O4. The van der Waals surface area contributed by atoms with Crippen LogP contribution in [0.15, 0.2) is 42.6 Å². The molecule has 8 heteroatoms. The third-order valence-electron chi connectivity index (χ3n) is 5.34. The summed E-state index contributed by atoms with van der Waals surface area (Å²) >= 11 is 0. The Labute approximate surface area is 161 Å². The number of benzene rings is 1. The first-order chi connectivity index (χ1) is 13.5. The van der Waals surface area contributed by atoms with Gasteiger partial charge in [-0.05, 0) is 49.2 Å². The van der Waals surface area contributed by atoms with E-state index in [4.69, 9.17) is 4.74 Å². The zero-order valence-corrected chi connectivity index (χ0v) is 15.2. The van der Waals surface area contributed by atoms with Gasteiger partial charge in [-0.25, -0.2) is 9.37 Å². The molecule has 0 bridgehead atoms. The molecule has 28 heavy (non-hydrogen) atoms. The first-order valence-corrected chi connectivity index (χ1v) is 9.11. The van der Waals surface area contributed by atoms with Crippen molar-refractivity contribution in [2.45, 2.75) is 18.4 Å². The Morgan fingerprint density at radius 1 is 1.18 bits per heavy atom. The Kier molecular flexibility index (Phi) is 4.72. The number of morpholine rings is 1. The maximum absolute atomic E-state index is 13.2. The lowest BCUT2D eigenvalue weighted by Gasteiger charge is -2.46. The second-order valence-electron chi connectivity index (χ2n) is 7.09. The lowest BCUT2D eigenvalue weighted by atomic mass is 9.88. The molecule has 1 N–H and O–H groups in total. The maximum Gasteiger partial charge on any atom is 0.276 e. The van der Waals surface area contributed by atoms with Crippen molar-refractivity contribution in [1.82, 2.24) is 9.88 Å². The van der Waals surface area contributed by atoms with Crippen LogP contribution in [0, 0.1) is 5.82 Å². The van der Waals surface area contributed by atoms with Gasteiger partial charge < -0.3 is 19.6 Å². The minimum absolute atomic E-state index is 0.0335. The monoisotopic (exact) mass is 385 g/mol. The zero-order chi connectivity index (χ0) is 19.7. The Hall–Kier alpha value is -3.00. The van der Waals surface area contributed by atoms with Crippen LogP contribution in [0.2, 0.25) is 0 Å². The summed E-state index contributed by atoms with van der Waals surface area (Å²) in [5.41, 5.74) is 0.114. The molecule has 0 saturated carbocycles. The van der Waals surface area contributed by atoms with Gasteiger partial charge in [0.15, 0.2) is 5.69 Å². The third-order valence-corrected chi connectivity index (χ3v) is 5.34. The lowest BCUT2D eigenvalue weighted by molar-refractivity contribution is -0.143. The topological polar surface area (TPSA) is 83.0 Å². The fraction of sp³-hybridized carbons (Fsp3) is 0.350. The van der Waals surface area contributed by atoms with E-state index < -0.39 is 5.60 Å². The van der Waals surface area contributed by atoms with Crippen LogP contribution in [0.5, 0.6) is 5.75 Å². The summed E-state index contributed by atoms with van der Waals surface area (Å²) < 4.78 is 19.1. The van der Waals surface area contributed by atoms with E-state index >= 15 is 0 Å². The van der Waals surface area contributed by atoms with Crippen LogP contribution >= 0.6 is 0 Å². The number of halogens is 1. The highest BCUT2D eigenvalue weighted by atomic mass is 19.1. The number of hydrogen-bond acceptors (Lipinski definition) is 5. The predicted octanol–water partition coefficient (Wildman–Crippen LogP) is 1.96. The van der Waals surface area contributed by atoms with E-state index in [2.05, 4.69) is 4.98 Å². The summed E-state index contributed by atoms with van der Waals surface area (Å²) in [6.07, 6.45) is 2.57. The Balaban J connectivity index is 1.46. The molecule has 0 aliphatic carbocycles. The molecule has 2 saturated heterocycles. The average Bonchev–Trinajstić information content (AvgIpc) is 2.71. The summed E-state index contributed by atoms with van der Waals surface area (Å²) in [5.74, 6) is -0.997. The van der Waals surface area contributed by atoms with E-state index in [1.807, 2.05) is 0 Å². The van der Waals surface area contributed by atoms with Crippen LogP contribution in [-0.2, 0) is 9.53 Å². The zero-order valence-electron chi connectivity index (χ0n) is 15.2.